The summed E-state index contributed by atoms with van der Waals surface area (Å²) >= 11 is 2.22. The fourth-order valence-corrected chi connectivity index (χ4v) is 9.31. The molecule has 0 radical (unpaired) electrons. The number of hydrogen-bond donors (Lipinski definition) is 0. The molecule has 0 aliphatic carbocycles. The maximum absolute atomic E-state index is 4.49. The molecule has 46 heavy (non-hydrogen) atoms. The minimum Gasteiger partial charge on any atom is -0.184 e. The summed E-state index contributed by atoms with van der Waals surface area (Å²) in [6, 6.07) is 77.2. The Bertz CT molecular complexity index is 1390. The Morgan fingerprint density at radius 2 is 0.457 bits per heavy atom. The second-order valence-corrected chi connectivity index (χ2v) is 14.2. The van der Waals surface area contributed by atoms with E-state index >= 15 is 0 Å². The van der Waals surface area contributed by atoms with Crippen LogP contribution >= 0.6 is 25.4 Å². The number of hydrogen-bond acceptors (Lipinski definition) is 0. The third kappa shape index (κ3) is 11.3. The van der Waals surface area contributed by atoms with Crippen molar-refractivity contribution in [2.45, 2.75) is 0 Å². The van der Waals surface area contributed by atoms with Crippen LogP contribution in [0, 0.1) is 6.07 Å². The van der Waals surface area contributed by atoms with Gasteiger partial charge in [-0.05, 0) is 47.7 Å². The molecule has 7 aromatic rings. The summed E-state index contributed by atoms with van der Waals surface area (Å²) in [5, 5.41) is 8.39. The molecule has 0 saturated carbocycles. The first kappa shape index (κ1) is 35.2. The maximum Gasteiger partial charge on any atom is -0.0134 e. The van der Waals surface area contributed by atoms with Crippen molar-refractivity contribution in [3.8, 4) is 0 Å². The second-order valence-electron chi connectivity index (χ2n) is 9.76. The van der Waals surface area contributed by atoms with Gasteiger partial charge in [-0.25, -0.2) is 0 Å². The molecule has 0 heterocycles. The molecule has 0 saturated heterocycles. The van der Waals surface area contributed by atoms with E-state index in [0.29, 0.717) is 0 Å². The second kappa shape index (κ2) is 21.2. The molecule has 7 rings (SSSR count). The average Bonchev–Trinajstić information content (AvgIpc) is 3.17. The molecule has 0 nitrogen and oxygen atoms in total. The molecule has 0 N–H and O–H groups in total. The van der Waals surface area contributed by atoms with Crippen LogP contribution in [0.3, 0.4) is 0 Å². The Morgan fingerprint density at radius 1 is 0.283 bits per heavy atom. The van der Waals surface area contributed by atoms with Gasteiger partial charge in [-0.3, -0.25) is 0 Å². The van der Waals surface area contributed by atoms with E-state index in [4.69, 9.17) is 0 Å². The van der Waals surface area contributed by atoms with Crippen LogP contribution in [0.2, 0.25) is 0 Å². The minimum atomic E-state index is -0.446. The molecule has 0 aromatic heterocycles. The molecule has 0 aliphatic rings. The summed E-state index contributed by atoms with van der Waals surface area (Å²) in [5.41, 5.74) is 0. The molecule has 0 atom stereocenters. The monoisotopic (exact) mass is 742 g/mol. The van der Waals surface area contributed by atoms with Crippen molar-refractivity contribution in [2.75, 3.05) is 0 Å². The van der Waals surface area contributed by atoms with E-state index < -0.39 is 15.8 Å². The molecule has 230 valence electrons. The summed E-state index contributed by atoms with van der Waals surface area (Å²) in [5.74, 6) is 0. The molecule has 0 unspecified atom stereocenters. The minimum absolute atomic E-state index is 0.446. The molecule has 0 amide bonds. The molecule has 0 bridgehead atoms. The zero-order valence-corrected chi connectivity index (χ0v) is 29.4. The van der Waals surface area contributed by atoms with Crippen LogP contribution in [0.1, 0.15) is 0 Å². The van der Waals surface area contributed by atoms with Crippen LogP contribution < -0.4 is 31.8 Å². The van der Waals surface area contributed by atoms with Crippen LogP contribution in [-0.2, 0) is 18.2 Å². The Labute approximate surface area is 292 Å². The SMILES string of the molecule is [Cl][Pd+].[c-]1ccccc1.c1ccc(P(c2ccccc2)c2ccccc2)cc1.c1ccc(P(c2ccccc2)c2ccccc2)cc1. The van der Waals surface area contributed by atoms with Crippen LogP contribution in [0.15, 0.2) is 212 Å². The van der Waals surface area contributed by atoms with E-state index in [2.05, 4.69) is 216 Å². The van der Waals surface area contributed by atoms with Crippen LogP contribution in [0.4, 0.5) is 0 Å². The summed E-state index contributed by atoms with van der Waals surface area (Å²) in [7, 11) is 3.60. The summed E-state index contributed by atoms with van der Waals surface area (Å²) < 4.78 is 0. The first-order valence-corrected chi connectivity index (χ1v) is 19.5. The molecule has 0 fully saturated rings. The third-order valence-electron chi connectivity index (χ3n) is 6.69. The van der Waals surface area contributed by atoms with Gasteiger partial charge >= 0.3 is 27.7 Å². The Kier molecular flexibility index (Phi) is 16.2. The van der Waals surface area contributed by atoms with E-state index in [1.54, 1.807) is 0 Å². The normalized spacial score (nSPS) is 9.93. The van der Waals surface area contributed by atoms with Crippen molar-refractivity contribution < 1.29 is 18.2 Å². The van der Waals surface area contributed by atoms with Gasteiger partial charge in [0.25, 0.3) is 0 Å². The standard InChI is InChI=1S/2C18H15P.C6H5.ClH.Pd/c2*1-4-10-16(11-5-1)19(17-12-6-2-7-13-17)18-14-8-3-9-15-18;1-2-4-6-5-3-1;;/h2*1-15H;1-5H;1H;/q;;-1;;+2/p-1. The Morgan fingerprint density at radius 3 is 0.587 bits per heavy atom. The van der Waals surface area contributed by atoms with E-state index in [0.717, 1.165) is 0 Å². The quantitative estimate of drug-likeness (QED) is 0.0907. The van der Waals surface area contributed by atoms with Crippen LogP contribution in [0.25, 0.3) is 0 Å². The van der Waals surface area contributed by atoms with Crippen LogP contribution in [0.5, 0.6) is 0 Å². The van der Waals surface area contributed by atoms with Gasteiger partial charge in [0.05, 0.1) is 0 Å². The third-order valence-corrected chi connectivity index (χ3v) is 11.6. The van der Waals surface area contributed by atoms with E-state index in [-0.39, 0.29) is 0 Å². The van der Waals surface area contributed by atoms with Gasteiger partial charge in [0.1, 0.15) is 0 Å². The number of halogens is 1. The van der Waals surface area contributed by atoms with Crippen LogP contribution in [-0.4, -0.2) is 0 Å². The van der Waals surface area contributed by atoms with Gasteiger partial charge in [-0.1, -0.05) is 182 Å². The molecule has 7 aromatic carbocycles. The molecule has 4 heteroatoms. The van der Waals surface area contributed by atoms with Crippen molar-refractivity contribution in [3.05, 3.63) is 218 Å². The molecular weight excluding hydrogens is 708 g/mol. The van der Waals surface area contributed by atoms with Gasteiger partial charge in [0.15, 0.2) is 0 Å². The molecular formula is C42H35ClP2Pd. The predicted molar refractivity (Wildman–Crippen MR) is 201 cm³/mol. The molecule has 0 aliphatic heterocycles. The fourth-order valence-electron chi connectivity index (χ4n) is 4.70. The van der Waals surface area contributed by atoms with Crippen molar-refractivity contribution in [1.82, 2.24) is 0 Å². The zero-order valence-electron chi connectivity index (χ0n) is 25.3. The zero-order chi connectivity index (χ0) is 32.1. The number of rotatable bonds is 6. The topological polar surface area (TPSA) is 0 Å². The average molecular weight is 744 g/mol. The van der Waals surface area contributed by atoms with E-state index in [9.17, 15) is 0 Å². The Hall–Kier alpha value is -3.65. The van der Waals surface area contributed by atoms with Gasteiger partial charge in [-0.15, -0.1) is 0 Å². The first-order valence-electron chi connectivity index (χ1n) is 14.8. The first-order chi connectivity index (χ1) is 22.9. The summed E-state index contributed by atoms with van der Waals surface area (Å²) in [4.78, 5) is 0. The summed E-state index contributed by atoms with van der Waals surface area (Å²) in [6.45, 7) is 0. The van der Waals surface area contributed by atoms with Gasteiger partial charge in [-0.2, -0.15) is 36.4 Å². The van der Waals surface area contributed by atoms with Crippen molar-refractivity contribution >= 4 is 57.2 Å². The molecule has 0 spiro atoms. The Balaban J connectivity index is 0.000000169. The predicted octanol–water partition coefficient (Wildman–Crippen LogP) is 9.06. The van der Waals surface area contributed by atoms with Crippen molar-refractivity contribution in [1.29, 1.82) is 0 Å². The van der Waals surface area contributed by atoms with Gasteiger partial charge in [0, 0.05) is 0 Å². The summed E-state index contributed by atoms with van der Waals surface area (Å²) in [6.07, 6.45) is 0. The number of benzene rings is 7. The van der Waals surface area contributed by atoms with Crippen molar-refractivity contribution in [2.24, 2.45) is 0 Å². The van der Waals surface area contributed by atoms with Gasteiger partial charge < -0.3 is 0 Å². The van der Waals surface area contributed by atoms with Gasteiger partial charge in [0.2, 0.25) is 0 Å². The largest absolute Gasteiger partial charge is 0.184 e. The van der Waals surface area contributed by atoms with E-state index in [1.165, 1.54) is 31.8 Å². The van der Waals surface area contributed by atoms with Crippen molar-refractivity contribution in [3.63, 3.8) is 0 Å². The smallest absolute Gasteiger partial charge is 0.0134 e. The maximum atomic E-state index is 4.49. The fraction of sp³-hybridized carbons (Fsp3) is 0. The van der Waals surface area contributed by atoms with E-state index in [1.807, 2.05) is 30.3 Å².